The molecule has 1 unspecified atom stereocenters. The van der Waals surface area contributed by atoms with E-state index in [4.69, 9.17) is 11.6 Å². The molecule has 0 radical (unpaired) electrons. The van der Waals surface area contributed by atoms with Gasteiger partial charge in [-0.05, 0) is 57.2 Å². The summed E-state index contributed by atoms with van der Waals surface area (Å²) in [6.45, 7) is 0. The highest BCUT2D eigenvalue weighted by Gasteiger charge is 2.29. The van der Waals surface area contributed by atoms with Gasteiger partial charge in [0.25, 0.3) is 0 Å². The molecule has 1 saturated carbocycles. The minimum Gasteiger partial charge on any atom is -0.317 e. The van der Waals surface area contributed by atoms with Crippen molar-refractivity contribution in [2.45, 2.75) is 38.1 Å². The number of hydrogen-bond acceptors (Lipinski definition) is 2. The molecule has 0 bridgehead atoms. The Hall–Kier alpha value is -0.0500. The lowest BCUT2D eigenvalue weighted by atomic mass is 10.1. The average molecular weight is 244 g/mol. The Morgan fingerprint density at radius 1 is 1.53 bits per heavy atom. The molecular weight excluding hydrogens is 226 g/mol. The molecule has 0 amide bonds. The van der Waals surface area contributed by atoms with E-state index in [1.54, 1.807) is 11.3 Å². The molecule has 1 aromatic heterocycles. The van der Waals surface area contributed by atoms with E-state index < -0.39 is 0 Å². The van der Waals surface area contributed by atoms with Crippen LogP contribution in [0.4, 0.5) is 0 Å². The van der Waals surface area contributed by atoms with Crippen LogP contribution in [0.3, 0.4) is 0 Å². The smallest absolute Gasteiger partial charge is 0.0931 e. The van der Waals surface area contributed by atoms with E-state index in [0.717, 1.165) is 16.3 Å². The third-order valence-electron chi connectivity index (χ3n) is 3.13. The van der Waals surface area contributed by atoms with Gasteiger partial charge < -0.3 is 5.32 Å². The second-order valence-corrected chi connectivity index (χ2v) is 6.13. The lowest BCUT2D eigenvalue weighted by Gasteiger charge is -2.14. The van der Waals surface area contributed by atoms with E-state index in [1.807, 2.05) is 6.07 Å². The standard InChI is InChI=1S/C12H18ClNS/c1-14-11(9-5-6-9)4-2-3-10-7-8-12(13)15-10/h7-9,11,14H,2-6H2,1H3. The summed E-state index contributed by atoms with van der Waals surface area (Å²) in [5.41, 5.74) is 0. The summed E-state index contributed by atoms with van der Waals surface area (Å²) in [7, 11) is 2.09. The summed E-state index contributed by atoms with van der Waals surface area (Å²) in [6, 6.07) is 4.90. The second kappa shape index (κ2) is 5.33. The van der Waals surface area contributed by atoms with Crippen molar-refractivity contribution in [2.75, 3.05) is 7.05 Å². The van der Waals surface area contributed by atoms with Gasteiger partial charge in [0.1, 0.15) is 0 Å². The van der Waals surface area contributed by atoms with E-state index in [0.29, 0.717) is 0 Å². The zero-order chi connectivity index (χ0) is 10.7. The SMILES string of the molecule is CNC(CCCc1ccc(Cl)s1)C1CC1. The van der Waals surface area contributed by atoms with Crippen molar-refractivity contribution in [3.05, 3.63) is 21.3 Å². The van der Waals surface area contributed by atoms with Gasteiger partial charge >= 0.3 is 0 Å². The zero-order valence-electron chi connectivity index (χ0n) is 9.13. The first-order valence-electron chi connectivity index (χ1n) is 5.71. The van der Waals surface area contributed by atoms with Crippen LogP contribution in [0.25, 0.3) is 0 Å². The van der Waals surface area contributed by atoms with Gasteiger partial charge in [0.15, 0.2) is 0 Å². The largest absolute Gasteiger partial charge is 0.317 e. The monoisotopic (exact) mass is 243 g/mol. The number of nitrogens with one attached hydrogen (secondary N) is 1. The van der Waals surface area contributed by atoms with Crippen LogP contribution in [-0.2, 0) is 6.42 Å². The van der Waals surface area contributed by atoms with Crippen molar-refractivity contribution in [1.82, 2.24) is 5.32 Å². The van der Waals surface area contributed by atoms with Gasteiger partial charge in [0.05, 0.1) is 4.34 Å². The molecule has 0 aromatic carbocycles. The predicted octanol–water partition coefficient (Wildman–Crippen LogP) is 3.72. The minimum absolute atomic E-state index is 0.750. The maximum atomic E-state index is 5.90. The van der Waals surface area contributed by atoms with Crippen LogP contribution in [-0.4, -0.2) is 13.1 Å². The van der Waals surface area contributed by atoms with Gasteiger partial charge in [-0.3, -0.25) is 0 Å². The quantitative estimate of drug-likeness (QED) is 0.803. The maximum absolute atomic E-state index is 5.90. The van der Waals surface area contributed by atoms with E-state index in [2.05, 4.69) is 18.4 Å². The van der Waals surface area contributed by atoms with Crippen molar-refractivity contribution in [3.8, 4) is 0 Å². The normalized spacial score (nSPS) is 18.0. The molecule has 1 aromatic rings. The molecule has 15 heavy (non-hydrogen) atoms. The molecule has 3 heteroatoms. The molecule has 2 rings (SSSR count). The molecular formula is C12H18ClNS. The Kier molecular flexibility index (Phi) is 4.06. The topological polar surface area (TPSA) is 12.0 Å². The van der Waals surface area contributed by atoms with E-state index in [9.17, 15) is 0 Å². The van der Waals surface area contributed by atoms with Crippen LogP contribution in [0.1, 0.15) is 30.6 Å². The Bertz CT molecular complexity index is 306. The van der Waals surface area contributed by atoms with Crippen LogP contribution in [0.5, 0.6) is 0 Å². The number of aryl methyl sites for hydroxylation is 1. The van der Waals surface area contributed by atoms with E-state index >= 15 is 0 Å². The van der Waals surface area contributed by atoms with E-state index in [-0.39, 0.29) is 0 Å². The number of rotatable bonds is 6. The van der Waals surface area contributed by atoms with Crippen LogP contribution in [0.15, 0.2) is 12.1 Å². The molecule has 0 aliphatic heterocycles. The number of thiophene rings is 1. The third-order valence-corrected chi connectivity index (χ3v) is 4.42. The van der Waals surface area contributed by atoms with Gasteiger partial charge in [-0.1, -0.05) is 11.6 Å². The maximum Gasteiger partial charge on any atom is 0.0931 e. The molecule has 84 valence electrons. The van der Waals surface area contributed by atoms with Crippen LogP contribution >= 0.6 is 22.9 Å². The highest BCUT2D eigenvalue weighted by Crippen LogP contribution is 2.34. The summed E-state index contributed by atoms with van der Waals surface area (Å²) in [4.78, 5) is 1.42. The summed E-state index contributed by atoms with van der Waals surface area (Å²) >= 11 is 7.61. The van der Waals surface area contributed by atoms with Crippen molar-refractivity contribution < 1.29 is 0 Å². The molecule has 1 heterocycles. The second-order valence-electron chi connectivity index (χ2n) is 4.33. The first-order chi connectivity index (χ1) is 7.29. The number of hydrogen-bond donors (Lipinski definition) is 1. The van der Waals surface area contributed by atoms with Gasteiger partial charge in [-0.2, -0.15) is 0 Å². The van der Waals surface area contributed by atoms with Crippen LogP contribution in [0.2, 0.25) is 4.34 Å². The molecule has 1 fully saturated rings. The van der Waals surface area contributed by atoms with Crippen molar-refractivity contribution in [2.24, 2.45) is 5.92 Å². The fourth-order valence-electron chi connectivity index (χ4n) is 2.10. The fraction of sp³-hybridized carbons (Fsp3) is 0.667. The summed E-state index contributed by atoms with van der Waals surface area (Å²) in [6.07, 6.45) is 6.62. The minimum atomic E-state index is 0.750. The van der Waals surface area contributed by atoms with Crippen molar-refractivity contribution in [3.63, 3.8) is 0 Å². The van der Waals surface area contributed by atoms with Gasteiger partial charge in [0.2, 0.25) is 0 Å². The van der Waals surface area contributed by atoms with Crippen molar-refractivity contribution in [1.29, 1.82) is 0 Å². The highest BCUT2D eigenvalue weighted by molar-refractivity contribution is 7.16. The van der Waals surface area contributed by atoms with Gasteiger partial charge in [-0.15, -0.1) is 11.3 Å². The Balaban J connectivity index is 1.69. The first-order valence-corrected chi connectivity index (χ1v) is 6.90. The summed E-state index contributed by atoms with van der Waals surface area (Å²) in [5, 5.41) is 3.43. The molecule has 0 spiro atoms. The molecule has 1 atom stereocenters. The molecule has 1 nitrogen and oxygen atoms in total. The lowest BCUT2D eigenvalue weighted by Crippen LogP contribution is -2.27. The highest BCUT2D eigenvalue weighted by atomic mass is 35.5. The summed E-state index contributed by atoms with van der Waals surface area (Å²) in [5.74, 6) is 0.960. The Labute approximate surface area is 101 Å². The molecule has 1 aliphatic carbocycles. The Morgan fingerprint density at radius 3 is 2.87 bits per heavy atom. The predicted molar refractivity (Wildman–Crippen MR) is 67.8 cm³/mol. The van der Waals surface area contributed by atoms with Crippen molar-refractivity contribution >= 4 is 22.9 Å². The fourth-order valence-corrected chi connectivity index (χ4v) is 3.23. The third kappa shape index (κ3) is 3.47. The van der Waals surface area contributed by atoms with Gasteiger partial charge in [0, 0.05) is 10.9 Å². The van der Waals surface area contributed by atoms with Gasteiger partial charge in [-0.25, -0.2) is 0 Å². The average Bonchev–Trinajstić information content (AvgIpc) is 2.98. The number of halogens is 1. The molecule has 1 N–H and O–H groups in total. The Morgan fingerprint density at radius 2 is 2.33 bits per heavy atom. The lowest BCUT2D eigenvalue weighted by molar-refractivity contribution is 0.457. The van der Waals surface area contributed by atoms with Crippen LogP contribution in [0, 0.1) is 5.92 Å². The molecule has 1 aliphatic rings. The zero-order valence-corrected chi connectivity index (χ0v) is 10.7. The molecule has 0 saturated heterocycles. The summed E-state index contributed by atoms with van der Waals surface area (Å²) < 4.78 is 0.914. The van der Waals surface area contributed by atoms with Crippen LogP contribution < -0.4 is 5.32 Å². The van der Waals surface area contributed by atoms with E-state index in [1.165, 1.54) is 37.0 Å². The first kappa shape index (κ1) is 11.4.